The number of halogens is 3. The minimum absolute atomic E-state index is 0.197. The van der Waals surface area contributed by atoms with Gasteiger partial charge in [0.1, 0.15) is 5.75 Å². The average molecular weight is 296 g/mol. The van der Waals surface area contributed by atoms with Gasteiger partial charge >= 0.3 is 6.18 Å². The van der Waals surface area contributed by atoms with Crippen molar-refractivity contribution in [2.75, 3.05) is 6.61 Å². The second kappa shape index (κ2) is 5.42. The maximum atomic E-state index is 12.5. The number of aromatic amines is 1. The van der Waals surface area contributed by atoms with Crippen molar-refractivity contribution in [3.05, 3.63) is 47.5 Å². The van der Waals surface area contributed by atoms with E-state index in [0.29, 0.717) is 12.4 Å². The van der Waals surface area contributed by atoms with Gasteiger partial charge in [-0.1, -0.05) is 0 Å². The van der Waals surface area contributed by atoms with Crippen LogP contribution < -0.4 is 4.74 Å². The Morgan fingerprint density at radius 3 is 2.71 bits per heavy atom. The predicted molar refractivity (Wildman–Crippen MR) is 71.2 cm³/mol. The lowest BCUT2D eigenvalue weighted by molar-refractivity contribution is -0.137. The van der Waals surface area contributed by atoms with Crippen molar-refractivity contribution < 1.29 is 17.9 Å². The second-order valence-electron chi connectivity index (χ2n) is 5.19. The Bertz CT molecular complexity index is 604. The summed E-state index contributed by atoms with van der Waals surface area (Å²) in [4.78, 5) is 7.43. The number of rotatable bonds is 3. The van der Waals surface area contributed by atoms with Crippen LogP contribution in [0.5, 0.6) is 5.75 Å². The Morgan fingerprint density at radius 1 is 1.24 bits per heavy atom. The van der Waals surface area contributed by atoms with Crippen LogP contribution in [0.4, 0.5) is 13.2 Å². The molecule has 1 N–H and O–H groups in total. The molecule has 1 aromatic carbocycles. The minimum atomic E-state index is -4.31. The Morgan fingerprint density at radius 2 is 2.00 bits per heavy atom. The first-order valence-corrected chi connectivity index (χ1v) is 6.86. The highest BCUT2D eigenvalue weighted by Gasteiger charge is 2.30. The van der Waals surface area contributed by atoms with Crippen molar-refractivity contribution in [2.24, 2.45) is 0 Å². The molecule has 1 aliphatic carbocycles. The molecule has 21 heavy (non-hydrogen) atoms. The summed E-state index contributed by atoms with van der Waals surface area (Å²) in [7, 11) is 0. The van der Waals surface area contributed by atoms with Gasteiger partial charge in [0.25, 0.3) is 0 Å². The van der Waals surface area contributed by atoms with Gasteiger partial charge in [0, 0.05) is 11.6 Å². The number of benzene rings is 1. The van der Waals surface area contributed by atoms with E-state index in [9.17, 15) is 13.2 Å². The first kappa shape index (κ1) is 14.0. The van der Waals surface area contributed by atoms with Crippen molar-refractivity contribution in [1.82, 2.24) is 9.97 Å². The fraction of sp³-hybridized carbons (Fsp3) is 0.400. The van der Waals surface area contributed by atoms with E-state index in [4.69, 9.17) is 4.74 Å². The topological polar surface area (TPSA) is 37.9 Å². The SMILES string of the molecule is FC(F)(F)c1ccc(OCC2CCCc3[nH]cnc32)cc1. The van der Waals surface area contributed by atoms with Crippen molar-refractivity contribution in [2.45, 2.75) is 31.4 Å². The number of H-pyrrole nitrogens is 1. The highest BCUT2D eigenvalue weighted by molar-refractivity contribution is 5.29. The number of aryl methyl sites for hydroxylation is 1. The van der Waals surface area contributed by atoms with Crippen molar-refractivity contribution in [1.29, 1.82) is 0 Å². The number of hydrogen-bond acceptors (Lipinski definition) is 2. The fourth-order valence-corrected chi connectivity index (χ4v) is 2.64. The summed E-state index contributed by atoms with van der Waals surface area (Å²) >= 11 is 0. The van der Waals surface area contributed by atoms with Gasteiger partial charge in [-0.2, -0.15) is 13.2 Å². The smallest absolute Gasteiger partial charge is 0.416 e. The molecule has 0 fully saturated rings. The quantitative estimate of drug-likeness (QED) is 0.932. The molecule has 6 heteroatoms. The fourth-order valence-electron chi connectivity index (χ4n) is 2.64. The number of nitrogens with one attached hydrogen (secondary N) is 1. The van der Waals surface area contributed by atoms with E-state index in [1.54, 1.807) is 6.33 Å². The first-order chi connectivity index (χ1) is 10.0. The number of nitrogens with zero attached hydrogens (tertiary/aromatic N) is 1. The molecule has 1 aliphatic rings. The molecule has 0 saturated carbocycles. The van der Waals surface area contributed by atoms with Crippen LogP contribution in [-0.2, 0) is 12.6 Å². The molecule has 0 aliphatic heterocycles. The van der Waals surface area contributed by atoms with Crippen LogP contribution in [0.3, 0.4) is 0 Å². The van der Waals surface area contributed by atoms with Crippen molar-refractivity contribution >= 4 is 0 Å². The molecular weight excluding hydrogens is 281 g/mol. The van der Waals surface area contributed by atoms with Gasteiger partial charge in [-0.25, -0.2) is 4.98 Å². The number of hydrogen-bond donors (Lipinski definition) is 1. The van der Waals surface area contributed by atoms with Crippen LogP contribution in [0.25, 0.3) is 0 Å². The molecule has 3 rings (SSSR count). The van der Waals surface area contributed by atoms with Gasteiger partial charge in [-0.3, -0.25) is 0 Å². The highest BCUT2D eigenvalue weighted by Crippen LogP contribution is 2.32. The molecule has 1 atom stereocenters. The molecule has 1 heterocycles. The summed E-state index contributed by atoms with van der Waals surface area (Å²) in [6.45, 7) is 0.434. The van der Waals surface area contributed by atoms with E-state index >= 15 is 0 Å². The molecule has 3 nitrogen and oxygen atoms in total. The molecule has 2 aromatic rings. The lowest BCUT2D eigenvalue weighted by Gasteiger charge is -2.21. The van der Waals surface area contributed by atoms with Crippen LogP contribution in [0.1, 0.15) is 35.7 Å². The minimum Gasteiger partial charge on any atom is -0.493 e. The van der Waals surface area contributed by atoms with E-state index in [1.807, 2.05) is 0 Å². The average Bonchev–Trinajstić information content (AvgIpc) is 2.93. The van der Waals surface area contributed by atoms with Crippen molar-refractivity contribution in [3.8, 4) is 5.75 Å². The van der Waals surface area contributed by atoms with Gasteiger partial charge in [0.15, 0.2) is 0 Å². The molecule has 0 radical (unpaired) electrons. The summed E-state index contributed by atoms with van der Waals surface area (Å²) < 4.78 is 43.0. The third-order valence-corrected chi connectivity index (χ3v) is 3.75. The van der Waals surface area contributed by atoms with E-state index in [1.165, 1.54) is 12.1 Å². The van der Waals surface area contributed by atoms with Crippen LogP contribution in [0.15, 0.2) is 30.6 Å². The van der Waals surface area contributed by atoms with E-state index in [2.05, 4.69) is 9.97 Å². The van der Waals surface area contributed by atoms with Crippen LogP contribution in [0, 0.1) is 0 Å². The number of ether oxygens (including phenoxy) is 1. The number of fused-ring (bicyclic) bond motifs is 1. The summed E-state index contributed by atoms with van der Waals surface area (Å²) in [5.41, 5.74) is 1.50. The van der Waals surface area contributed by atoms with E-state index in [-0.39, 0.29) is 5.92 Å². The number of alkyl halides is 3. The van der Waals surface area contributed by atoms with Crippen LogP contribution in [-0.4, -0.2) is 16.6 Å². The second-order valence-corrected chi connectivity index (χ2v) is 5.19. The summed E-state index contributed by atoms with van der Waals surface area (Å²) in [6.07, 6.45) is 0.411. The van der Waals surface area contributed by atoms with Crippen LogP contribution >= 0.6 is 0 Å². The molecule has 1 aromatic heterocycles. The zero-order chi connectivity index (χ0) is 14.9. The molecule has 0 saturated heterocycles. The summed E-state index contributed by atoms with van der Waals surface area (Å²) in [6, 6.07) is 4.79. The van der Waals surface area contributed by atoms with Gasteiger partial charge in [0.2, 0.25) is 0 Å². The molecule has 1 unspecified atom stereocenters. The van der Waals surface area contributed by atoms with E-state index < -0.39 is 11.7 Å². The molecule has 0 amide bonds. The number of aromatic nitrogens is 2. The van der Waals surface area contributed by atoms with Gasteiger partial charge in [-0.05, 0) is 43.5 Å². The van der Waals surface area contributed by atoms with Crippen LogP contribution in [0.2, 0.25) is 0 Å². The largest absolute Gasteiger partial charge is 0.493 e. The predicted octanol–water partition coefficient (Wildman–Crippen LogP) is 3.93. The Hall–Kier alpha value is -1.98. The Kier molecular flexibility index (Phi) is 3.61. The van der Waals surface area contributed by atoms with Gasteiger partial charge in [-0.15, -0.1) is 0 Å². The van der Waals surface area contributed by atoms with E-state index in [0.717, 1.165) is 42.8 Å². The van der Waals surface area contributed by atoms with Gasteiger partial charge in [0.05, 0.1) is 24.2 Å². The first-order valence-electron chi connectivity index (χ1n) is 6.86. The standard InChI is InChI=1S/C15H15F3N2O/c16-15(17,18)11-4-6-12(7-5-11)21-8-10-2-1-3-13-14(10)20-9-19-13/h4-7,9-10H,1-3,8H2,(H,19,20). The zero-order valence-corrected chi connectivity index (χ0v) is 11.3. The summed E-state index contributed by atoms with van der Waals surface area (Å²) in [5.74, 6) is 0.646. The lowest BCUT2D eigenvalue weighted by atomic mass is 9.90. The molecule has 0 spiro atoms. The van der Waals surface area contributed by atoms with Gasteiger partial charge < -0.3 is 9.72 Å². The third kappa shape index (κ3) is 3.04. The third-order valence-electron chi connectivity index (χ3n) is 3.75. The Labute approximate surface area is 120 Å². The molecule has 0 bridgehead atoms. The molecular formula is C15H15F3N2O. The summed E-state index contributed by atoms with van der Waals surface area (Å²) in [5, 5.41) is 0. The zero-order valence-electron chi connectivity index (χ0n) is 11.3. The normalized spacial score (nSPS) is 18.3. The Balaban J connectivity index is 1.64. The molecule has 112 valence electrons. The lowest BCUT2D eigenvalue weighted by Crippen LogP contribution is -2.16. The maximum Gasteiger partial charge on any atom is 0.416 e. The van der Waals surface area contributed by atoms with Crippen molar-refractivity contribution in [3.63, 3.8) is 0 Å². The maximum absolute atomic E-state index is 12.5. The highest BCUT2D eigenvalue weighted by atomic mass is 19.4. The number of imidazole rings is 1. The monoisotopic (exact) mass is 296 g/mol.